The number of nitriles is 1. The van der Waals surface area contributed by atoms with Crippen molar-refractivity contribution in [2.45, 2.75) is 19.8 Å². The van der Waals surface area contributed by atoms with E-state index in [4.69, 9.17) is 10.00 Å². The van der Waals surface area contributed by atoms with Crippen molar-refractivity contribution in [3.63, 3.8) is 0 Å². The average Bonchev–Trinajstić information content (AvgIpc) is 2.44. The molecule has 0 atom stereocenters. The Kier molecular flexibility index (Phi) is 5.55. The van der Waals surface area contributed by atoms with Gasteiger partial charge >= 0.3 is 11.9 Å². The van der Waals surface area contributed by atoms with Gasteiger partial charge in [-0.05, 0) is 31.0 Å². The van der Waals surface area contributed by atoms with Crippen LogP contribution in [0.2, 0.25) is 0 Å². The van der Waals surface area contributed by atoms with Gasteiger partial charge in [-0.3, -0.25) is 4.79 Å². The van der Waals surface area contributed by atoms with Crippen molar-refractivity contribution in [1.29, 1.82) is 5.26 Å². The third-order valence-electron chi connectivity index (χ3n) is 2.59. The number of benzene rings is 1. The summed E-state index contributed by atoms with van der Waals surface area (Å²) in [7, 11) is 1.27. The highest BCUT2D eigenvalue weighted by Crippen LogP contribution is 2.17. The molecule has 0 aliphatic carbocycles. The zero-order valence-corrected chi connectivity index (χ0v) is 10.9. The fourth-order valence-electron chi connectivity index (χ4n) is 1.72. The van der Waals surface area contributed by atoms with E-state index >= 15 is 0 Å². The van der Waals surface area contributed by atoms with E-state index in [0.717, 1.165) is 0 Å². The minimum absolute atomic E-state index is 0.122. The van der Waals surface area contributed by atoms with Crippen LogP contribution in [0.25, 0.3) is 0 Å². The molecule has 0 amide bonds. The molecule has 0 N–H and O–H groups in total. The van der Waals surface area contributed by atoms with E-state index in [1.165, 1.54) is 7.11 Å². The van der Waals surface area contributed by atoms with Crippen LogP contribution >= 0.6 is 0 Å². The smallest absolute Gasteiger partial charge is 0.338 e. The molecule has 0 radical (unpaired) electrons. The molecule has 1 aromatic rings. The van der Waals surface area contributed by atoms with Gasteiger partial charge in [0.1, 0.15) is 0 Å². The number of ether oxygens (including phenoxy) is 2. The number of carbonyl (C=O) groups excluding carboxylic acids is 2. The van der Waals surface area contributed by atoms with E-state index < -0.39 is 5.97 Å². The van der Waals surface area contributed by atoms with Gasteiger partial charge in [0.2, 0.25) is 0 Å². The predicted octanol–water partition coefficient (Wildman–Crippen LogP) is 1.84. The maximum Gasteiger partial charge on any atom is 0.338 e. The summed E-state index contributed by atoms with van der Waals surface area (Å²) in [5.41, 5.74) is 1.20. The first kappa shape index (κ1) is 14.7. The molecule has 0 spiro atoms. The van der Waals surface area contributed by atoms with Crippen molar-refractivity contribution in [1.82, 2.24) is 0 Å². The molecule has 19 heavy (non-hydrogen) atoms. The summed E-state index contributed by atoms with van der Waals surface area (Å²) in [6.07, 6.45) is 0.392. The Hall–Kier alpha value is -2.35. The molecule has 0 bridgehead atoms. The van der Waals surface area contributed by atoms with E-state index in [1.54, 1.807) is 25.1 Å². The Morgan fingerprint density at radius 3 is 2.68 bits per heavy atom. The molecular weight excluding hydrogens is 246 g/mol. The van der Waals surface area contributed by atoms with E-state index in [9.17, 15) is 9.59 Å². The van der Waals surface area contributed by atoms with Crippen molar-refractivity contribution in [3.05, 3.63) is 34.9 Å². The molecule has 0 aromatic heterocycles. The van der Waals surface area contributed by atoms with E-state index in [-0.39, 0.29) is 18.8 Å². The third kappa shape index (κ3) is 3.81. The maximum atomic E-state index is 11.6. The van der Waals surface area contributed by atoms with Crippen molar-refractivity contribution < 1.29 is 19.1 Å². The lowest BCUT2D eigenvalue weighted by Crippen LogP contribution is -2.11. The molecule has 5 heteroatoms. The predicted molar refractivity (Wildman–Crippen MR) is 67.5 cm³/mol. The molecule has 100 valence electrons. The molecule has 1 aromatic carbocycles. The second-order valence-corrected chi connectivity index (χ2v) is 3.74. The van der Waals surface area contributed by atoms with Gasteiger partial charge in [-0.2, -0.15) is 5.26 Å². The van der Waals surface area contributed by atoms with Crippen LogP contribution in [0.5, 0.6) is 0 Å². The minimum Gasteiger partial charge on any atom is -0.466 e. The van der Waals surface area contributed by atoms with Gasteiger partial charge in [0.05, 0.1) is 30.9 Å². The van der Waals surface area contributed by atoms with Crippen LogP contribution in [-0.2, 0) is 20.7 Å². The number of methoxy groups -OCH3 is 1. The first-order valence-corrected chi connectivity index (χ1v) is 5.90. The van der Waals surface area contributed by atoms with Crippen LogP contribution in [-0.4, -0.2) is 25.7 Å². The fraction of sp³-hybridized carbons (Fsp3) is 0.357. The summed E-state index contributed by atoms with van der Waals surface area (Å²) < 4.78 is 9.49. The van der Waals surface area contributed by atoms with Crippen LogP contribution in [0.1, 0.15) is 34.8 Å². The summed E-state index contributed by atoms with van der Waals surface area (Å²) in [4.78, 5) is 23.0. The van der Waals surface area contributed by atoms with Crippen molar-refractivity contribution >= 4 is 11.9 Å². The molecule has 0 saturated carbocycles. The Balaban J connectivity index is 2.99. The maximum absolute atomic E-state index is 11.6. The normalized spacial score (nSPS) is 9.53. The van der Waals surface area contributed by atoms with Crippen LogP contribution < -0.4 is 0 Å². The van der Waals surface area contributed by atoms with Gasteiger partial charge in [0, 0.05) is 6.42 Å². The Morgan fingerprint density at radius 2 is 2.11 bits per heavy atom. The zero-order chi connectivity index (χ0) is 14.3. The first-order valence-electron chi connectivity index (χ1n) is 5.90. The van der Waals surface area contributed by atoms with Crippen LogP contribution in [0, 0.1) is 11.3 Å². The number of hydrogen-bond donors (Lipinski definition) is 0. The van der Waals surface area contributed by atoms with Gasteiger partial charge < -0.3 is 9.47 Å². The molecule has 0 heterocycles. The lowest BCUT2D eigenvalue weighted by Gasteiger charge is -2.09. The number of rotatable bonds is 5. The molecule has 5 nitrogen and oxygen atoms in total. The van der Waals surface area contributed by atoms with Crippen molar-refractivity contribution in [2.75, 3.05) is 13.7 Å². The standard InChI is InChI=1S/C14H15NO4/c1-3-19-13(16)8-7-11-10(9-15)5-4-6-12(11)14(17)18-2/h4-6H,3,7-8H2,1-2H3. The lowest BCUT2D eigenvalue weighted by molar-refractivity contribution is -0.143. The summed E-state index contributed by atoms with van der Waals surface area (Å²) >= 11 is 0. The Morgan fingerprint density at radius 1 is 1.37 bits per heavy atom. The number of hydrogen-bond acceptors (Lipinski definition) is 5. The van der Waals surface area contributed by atoms with Gasteiger partial charge in [-0.15, -0.1) is 0 Å². The van der Waals surface area contributed by atoms with E-state index in [0.29, 0.717) is 23.3 Å². The summed E-state index contributed by atoms with van der Waals surface area (Å²) in [5, 5.41) is 9.05. The van der Waals surface area contributed by atoms with Gasteiger partial charge in [0.15, 0.2) is 0 Å². The molecule has 1 rings (SSSR count). The van der Waals surface area contributed by atoms with E-state index in [1.807, 2.05) is 6.07 Å². The number of nitrogens with zero attached hydrogens (tertiary/aromatic N) is 1. The van der Waals surface area contributed by atoms with Gasteiger partial charge in [-0.1, -0.05) is 6.07 Å². The van der Waals surface area contributed by atoms with Crippen LogP contribution in [0.4, 0.5) is 0 Å². The van der Waals surface area contributed by atoms with E-state index in [2.05, 4.69) is 4.74 Å². The quantitative estimate of drug-likeness (QED) is 0.756. The summed E-state index contributed by atoms with van der Waals surface area (Å²) in [6.45, 7) is 2.03. The largest absolute Gasteiger partial charge is 0.466 e. The molecule has 0 saturated heterocycles. The summed E-state index contributed by atoms with van der Waals surface area (Å²) in [6, 6.07) is 6.80. The number of esters is 2. The molecular formula is C14H15NO4. The average molecular weight is 261 g/mol. The SMILES string of the molecule is CCOC(=O)CCc1c(C#N)cccc1C(=O)OC. The molecule has 0 fully saturated rings. The molecule has 0 aliphatic heterocycles. The second kappa shape index (κ2) is 7.17. The van der Waals surface area contributed by atoms with Crippen molar-refractivity contribution in [3.8, 4) is 6.07 Å². The monoisotopic (exact) mass is 261 g/mol. The third-order valence-corrected chi connectivity index (χ3v) is 2.59. The second-order valence-electron chi connectivity index (χ2n) is 3.74. The van der Waals surface area contributed by atoms with Gasteiger partial charge in [0.25, 0.3) is 0 Å². The zero-order valence-electron chi connectivity index (χ0n) is 10.9. The first-order chi connectivity index (χ1) is 9.13. The Labute approximate surface area is 111 Å². The molecule has 0 aliphatic rings. The molecule has 0 unspecified atom stereocenters. The fourth-order valence-corrected chi connectivity index (χ4v) is 1.72. The minimum atomic E-state index is -0.518. The van der Waals surface area contributed by atoms with Crippen molar-refractivity contribution in [2.24, 2.45) is 0 Å². The highest BCUT2D eigenvalue weighted by Gasteiger charge is 2.16. The highest BCUT2D eigenvalue weighted by molar-refractivity contribution is 5.92. The number of carbonyl (C=O) groups is 2. The topological polar surface area (TPSA) is 76.4 Å². The van der Waals surface area contributed by atoms with Crippen LogP contribution in [0.15, 0.2) is 18.2 Å². The summed E-state index contributed by atoms with van der Waals surface area (Å²) in [5.74, 6) is -0.873. The Bertz CT molecular complexity index is 517. The van der Waals surface area contributed by atoms with Gasteiger partial charge in [-0.25, -0.2) is 4.79 Å². The highest BCUT2D eigenvalue weighted by atomic mass is 16.5. The lowest BCUT2D eigenvalue weighted by atomic mass is 9.97. The van der Waals surface area contributed by atoms with Crippen LogP contribution in [0.3, 0.4) is 0 Å².